The van der Waals surface area contributed by atoms with Crippen molar-refractivity contribution in [3.8, 4) is 0 Å². The Balaban J connectivity index is 0.000000400. The summed E-state index contributed by atoms with van der Waals surface area (Å²) in [5.74, 6) is 2.62. The summed E-state index contributed by atoms with van der Waals surface area (Å²) in [6, 6.07) is 22.9. The summed E-state index contributed by atoms with van der Waals surface area (Å²) in [4.78, 5) is 20.4. The second kappa shape index (κ2) is 13.7. The lowest BCUT2D eigenvalue weighted by molar-refractivity contribution is 0.0351. The average Bonchev–Trinajstić information content (AvgIpc) is 3.36. The number of aliphatic hydroxyl groups is 1. The van der Waals surface area contributed by atoms with Crippen LogP contribution < -0.4 is 0 Å². The summed E-state index contributed by atoms with van der Waals surface area (Å²) in [5, 5.41) is 9.77. The summed E-state index contributed by atoms with van der Waals surface area (Å²) in [5.41, 5.74) is 7.97. The molecular weight excluding hydrogens is 530 g/mol. The first kappa shape index (κ1) is 30.7. The number of aryl methyl sites for hydroxylation is 3. The quantitative estimate of drug-likeness (QED) is 0.252. The molecule has 5 heteroatoms. The van der Waals surface area contributed by atoms with Gasteiger partial charge in [-0.1, -0.05) is 79.6 Å². The molecule has 1 aliphatic carbocycles. The Bertz CT molecular complexity index is 1530. The zero-order valence-electron chi connectivity index (χ0n) is 26.5. The minimum atomic E-state index is -0.143. The highest BCUT2D eigenvalue weighted by molar-refractivity contribution is 5.95. The lowest BCUT2D eigenvalue weighted by Crippen LogP contribution is -2.38. The Morgan fingerprint density at radius 2 is 1.60 bits per heavy atom. The largest absolute Gasteiger partial charge is 0.393 e. The topological polar surface area (TPSA) is 58.4 Å². The van der Waals surface area contributed by atoms with Gasteiger partial charge >= 0.3 is 0 Å². The van der Waals surface area contributed by atoms with E-state index < -0.39 is 0 Å². The van der Waals surface area contributed by atoms with Crippen LogP contribution >= 0.6 is 0 Å². The number of aliphatic hydroxyl groups excluding tert-OH is 1. The van der Waals surface area contributed by atoms with Crippen LogP contribution in [0.15, 0.2) is 72.8 Å². The number of amides is 1. The Morgan fingerprint density at radius 3 is 2.23 bits per heavy atom. The summed E-state index contributed by atoms with van der Waals surface area (Å²) in [6.07, 6.45) is 7.78. The minimum Gasteiger partial charge on any atom is -0.393 e. The van der Waals surface area contributed by atoms with Crippen LogP contribution in [0.25, 0.3) is 17.1 Å². The molecule has 2 fully saturated rings. The number of fused-ring (bicyclic) bond motifs is 1. The number of hydrogen-bond acceptors (Lipinski definition) is 3. The Labute approximate surface area is 257 Å². The number of carbonyl (C=O) groups excluding carboxylic acids is 1. The highest BCUT2D eigenvalue weighted by Gasteiger charge is 2.32. The molecule has 6 rings (SSSR count). The van der Waals surface area contributed by atoms with Crippen LogP contribution in [0.3, 0.4) is 0 Å². The van der Waals surface area contributed by atoms with Gasteiger partial charge < -0.3 is 14.6 Å². The number of allylic oxidation sites excluding steroid dienone is 1. The van der Waals surface area contributed by atoms with Crippen molar-refractivity contribution in [2.75, 3.05) is 13.1 Å². The fourth-order valence-electron chi connectivity index (χ4n) is 6.11. The van der Waals surface area contributed by atoms with E-state index in [1.165, 1.54) is 22.2 Å². The summed E-state index contributed by atoms with van der Waals surface area (Å²) in [7, 11) is 0. The average molecular weight is 578 g/mol. The lowest BCUT2D eigenvalue weighted by Gasteiger charge is -2.34. The van der Waals surface area contributed by atoms with Crippen molar-refractivity contribution in [3.05, 3.63) is 106 Å². The first-order valence-corrected chi connectivity index (χ1v) is 15.9. The molecule has 0 bridgehead atoms. The monoisotopic (exact) mass is 577 g/mol. The number of piperidine rings is 1. The smallest absolute Gasteiger partial charge is 0.253 e. The van der Waals surface area contributed by atoms with Gasteiger partial charge in [-0.2, -0.15) is 0 Å². The zero-order valence-corrected chi connectivity index (χ0v) is 26.5. The molecule has 1 saturated carbocycles. The van der Waals surface area contributed by atoms with Crippen molar-refractivity contribution in [2.45, 2.75) is 78.9 Å². The second-order valence-corrected chi connectivity index (χ2v) is 13.0. The van der Waals surface area contributed by atoms with Gasteiger partial charge in [-0.25, -0.2) is 4.98 Å². The van der Waals surface area contributed by atoms with Gasteiger partial charge in [0, 0.05) is 31.1 Å². The van der Waals surface area contributed by atoms with Crippen LogP contribution in [-0.4, -0.2) is 44.7 Å². The second-order valence-electron chi connectivity index (χ2n) is 13.0. The van der Waals surface area contributed by atoms with E-state index in [1.54, 1.807) is 0 Å². The standard InChI is InChI=1S/C30H37N3O2.C8H10/c1-20(2)8-10-24-18-25(11-9-21(24)3)30(35)32-14-12-23(13-15-32)29-31-27-6-4-5-7-28(27)33(29)19-22-16-26(34)17-22;1-7-3-5-8(2)6-4-7/h4-11,18,20,22-23,26,34H,12-17,19H2,1-3H3;3-6H,1-2H3/b10-8-;. The summed E-state index contributed by atoms with van der Waals surface area (Å²) < 4.78 is 2.39. The molecule has 0 radical (unpaired) electrons. The van der Waals surface area contributed by atoms with Crippen molar-refractivity contribution in [1.82, 2.24) is 14.5 Å². The number of para-hydroxylation sites is 2. The first-order chi connectivity index (χ1) is 20.7. The Kier molecular flexibility index (Phi) is 9.82. The van der Waals surface area contributed by atoms with E-state index in [0.29, 0.717) is 17.8 Å². The molecule has 1 aromatic heterocycles. The fraction of sp³-hybridized carbons (Fsp3) is 0.421. The maximum atomic E-state index is 13.3. The van der Waals surface area contributed by atoms with Crippen LogP contribution in [0.5, 0.6) is 0 Å². The van der Waals surface area contributed by atoms with Crippen LogP contribution in [0.4, 0.5) is 0 Å². The molecule has 4 aromatic rings. The maximum absolute atomic E-state index is 13.3. The number of nitrogens with zero attached hydrogens (tertiary/aromatic N) is 3. The highest BCUT2D eigenvalue weighted by atomic mass is 16.3. The SMILES string of the molecule is Cc1ccc(C(=O)N2CCC(c3nc4ccccc4n3CC3CC(O)C3)CC2)cc1/C=C\C(C)C.Cc1ccc(C)cc1. The maximum Gasteiger partial charge on any atom is 0.253 e. The predicted octanol–water partition coefficient (Wildman–Crippen LogP) is 8.11. The molecule has 2 heterocycles. The van der Waals surface area contributed by atoms with Crippen LogP contribution in [-0.2, 0) is 6.54 Å². The number of likely N-dealkylation sites (tertiary alicyclic amines) is 1. The number of rotatable bonds is 6. The van der Waals surface area contributed by atoms with E-state index in [9.17, 15) is 9.90 Å². The number of hydrogen-bond donors (Lipinski definition) is 1. The van der Waals surface area contributed by atoms with Gasteiger partial charge in [0.2, 0.25) is 0 Å². The molecule has 5 nitrogen and oxygen atoms in total. The fourth-order valence-corrected chi connectivity index (χ4v) is 6.11. The zero-order chi connectivity index (χ0) is 30.5. The van der Waals surface area contributed by atoms with Crippen molar-refractivity contribution >= 4 is 23.0 Å². The Morgan fingerprint density at radius 1 is 0.953 bits per heavy atom. The summed E-state index contributed by atoms with van der Waals surface area (Å²) >= 11 is 0. The van der Waals surface area contributed by atoms with Crippen molar-refractivity contribution in [2.24, 2.45) is 11.8 Å². The molecular formula is C38H47N3O2. The van der Waals surface area contributed by atoms with E-state index in [4.69, 9.17) is 4.98 Å². The Hall–Kier alpha value is -3.70. The molecule has 43 heavy (non-hydrogen) atoms. The third kappa shape index (κ3) is 7.64. The van der Waals surface area contributed by atoms with Crippen LogP contribution in [0, 0.1) is 32.6 Å². The molecule has 1 amide bonds. The van der Waals surface area contributed by atoms with Gasteiger partial charge in [0.25, 0.3) is 5.91 Å². The van der Waals surface area contributed by atoms with Crippen LogP contribution in [0.2, 0.25) is 0 Å². The molecule has 1 saturated heterocycles. The third-order valence-corrected chi connectivity index (χ3v) is 8.89. The molecule has 1 N–H and O–H groups in total. The van der Waals surface area contributed by atoms with Crippen LogP contribution in [0.1, 0.15) is 83.9 Å². The number of aromatic nitrogens is 2. The highest BCUT2D eigenvalue weighted by Crippen LogP contribution is 2.35. The van der Waals surface area contributed by atoms with E-state index in [0.717, 1.165) is 67.8 Å². The molecule has 1 aliphatic heterocycles. The van der Waals surface area contributed by atoms with Gasteiger partial charge in [-0.3, -0.25) is 4.79 Å². The van der Waals surface area contributed by atoms with E-state index in [1.807, 2.05) is 23.1 Å². The first-order valence-electron chi connectivity index (χ1n) is 15.9. The molecule has 226 valence electrons. The third-order valence-electron chi connectivity index (χ3n) is 8.89. The van der Waals surface area contributed by atoms with Crippen molar-refractivity contribution < 1.29 is 9.90 Å². The molecule has 3 aromatic carbocycles. The van der Waals surface area contributed by atoms with Gasteiger partial charge in [-0.05, 0) is 93.7 Å². The normalized spacial score (nSPS) is 19.0. The summed E-state index contributed by atoms with van der Waals surface area (Å²) in [6.45, 7) is 13.0. The van der Waals surface area contributed by atoms with Gasteiger partial charge in [0.15, 0.2) is 0 Å². The van der Waals surface area contributed by atoms with E-state index in [2.05, 4.69) is 99.9 Å². The van der Waals surface area contributed by atoms with Gasteiger partial charge in [0.1, 0.15) is 5.82 Å². The molecule has 0 unspecified atom stereocenters. The van der Waals surface area contributed by atoms with Gasteiger partial charge in [-0.15, -0.1) is 0 Å². The number of carbonyl (C=O) groups is 1. The minimum absolute atomic E-state index is 0.125. The van der Waals surface area contributed by atoms with Crippen molar-refractivity contribution in [1.29, 1.82) is 0 Å². The van der Waals surface area contributed by atoms with Crippen molar-refractivity contribution in [3.63, 3.8) is 0 Å². The van der Waals surface area contributed by atoms with E-state index in [-0.39, 0.29) is 12.0 Å². The number of benzene rings is 3. The van der Waals surface area contributed by atoms with Gasteiger partial charge in [0.05, 0.1) is 17.1 Å². The predicted molar refractivity (Wildman–Crippen MR) is 177 cm³/mol. The lowest BCUT2D eigenvalue weighted by atomic mass is 9.82. The van der Waals surface area contributed by atoms with E-state index >= 15 is 0 Å². The molecule has 0 atom stereocenters. The number of imidazole rings is 1. The molecule has 0 spiro atoms. The molecule has 2 aliphatic rings.